The maximum absolute atomic E-state index is 11.7. The molecule has 124 valence electrons. The van der Waals surface area contributed by atoms with Crippen LogP contribution in [0.15, 0.2) is 24.3 Å². The summed E-state index contributed by atoms with van der Waals surface area (Å²) in [6.45, 7) is 3.72. The number of ether oxygens (including phenoxy) is 2. The van der Waals surface area contributed by atoms with Gasteiger partial charge in [0.1, 0.15) is 0 Å². The minimum Gasteiger partial charge on any atom is -0.460 e. The summed E-state index contributed by atoms with van der Waals surface area (Å²) in [5.74, 6) is -0.657. The molecule has 4 unspecified atom stereocenters. The van der Waals surface area contributed by atoms with E-state index in [-0.39, 0.29) is 33.8 Å². The fourth-order valence-corrected chi connectivity index (χ4v) is 2.77. The normalized spacial score (nSPS) is 35.3. The lowest BCUT2D eigenvalue weighted by atomic mass is 10.1. The molecule has 0 aromatic carbocycles. The fourth-order valence-electron chi connectivity index (χ4n) is 1.94. The Kier molecular flexibility index (Phi) is 9.02. The van der Waals surface area contributed by atoms with Crippen LogP contribution in [0.3, 0.4) is 0 Å². The number of alkyl halides is 2. The number of rotatable bonds is 0. The molecule has 0 fully saturated rings. The third-order valence-electron chi connectivity index (χ3n) is 3.21. The smallest absolute Gasteiger partial charge is 0.330 e. The Hall–Kier alpha value is -0.620. The molecule has 0 amide bonds. The van der Waals surface area contributed by atoms with Crippen LogP contribution in [-0.4, -0.2) is 33.8 Å². The lowest BCUT2D eigenvalue weighted by molar-refractivity contribution is -0.143. The summed E-state index contributed by atoms with van der Waals surface area (Å²) in [4.78, 5) is 23.5. The predicted octanol–water partition coefficient (Wildman–Crippen LogP) is 4.06. The molecule has 0 radical (unpaired) electrons. The molecule has 0 aromatic heterocycles. The number of cyclic esters (lactones) is 2. The van der Waals surface area contributed by atoms with Gasteiger partial charge in [-0.05, 0) is 39.5 Å². The van der Waals surface area contributed by atoms with Crippen LogP contribution in [0.5, 0.6) is 0 Å². The monoisotopic (exact) mass is 436 g/mol. The predicted molar refractivity (Wildman–Crippen MR) is 93.3 cm³/mol. The van der Waals surface area contributed by atoms with Crippen molar-refractivity contribution in [2.75, 3.05) is 0 Å². The quantitative estimate of drug-likeness (QED) is 0.423. The number of carbonyl (C=O) groups excluding carboxylic acids is 2. The Bertz CT molecular complexity index is 394. The summed E-state index contributed by atoms with van der Waals surface area (Å²) >= 11 is 6.96. The molecule has 1 rings (SSSR count). The summed E-state index contributed by atoms with van der Waals surface area (Å²) in [6, 6.07) is 0. The molecule has 1 aliphatic rings. The van der Waals surface area contributed by atoms with Crippen LogP contribution in [0.25, 0.3) is 0 Å². The van der Waals surface area contributed by atoms with Crippen LogP contribution in [0, 0.1) is 0 Å². The molecule has 6 heteroatoms. The highest BCUT2D eigenvalue weighted by molar-refractivity contribution is 9.09. The van der Waals surface area contributed by atoms with Gasteiger partial charge in [-0.25, -0.2) is 9.59 Å². The average Bonchev–Trinajstić information content (AvgIpc) is 2.46. The summed E-state index contributed by atoms with van der Waals surface area (Å²) in [6.07, 6.45) is 9.04. The number of carbonyl (C=O) groups is 2. The molecule has 4 nitrogen and oxygen atoms in total. The molecule has 0 aliphatic carbocycles. The lowest BCUT2D eigenvalue weighted by Gasteiger charge is -2.15. The molecule has 1 heterocycles. The van der Waals surface area contributed by atoms with Crippen molar-refractivity contribution >= 4 is 43.8 Å². The third kappa shape index (κ3) is 8.73. The minimum absolute atomic E-state index is 0.0480. The van der Waals surface area contributed by atoms with Crippen molar-refractivity contribution in [3.05, 3.63) is 24.3 Å². The first-order valence-corrected chi connectivity index (χ1v) is 9.25. The van der Waals surface area contributed by atoms with E-state index < -0.39 is 0 Å². The first-order chi connectivity index (χ1) is 10.4. The van der Waals surface area contributed by atoms with E-state index in [1.165, 1.54) is 12.2 Å². The van der Waals surface area contributed by atoms with Gasteiger partial charge in [-0.1, -0.05) is 44.0 Å². The van der Waals surface area contributed by atoms with E-state index in [0.29, 0.717) is 12.8 Å². The number of esters is 2. The van der Waals surface area contributed by atoms with E-state index in [0.717, 1.165) is 12.8 Å². The molecule has 0 N–H and O–H groups in total. The van der Waals surface area contributed by atoms with Crippen LogP contribution in [-0.2, 0) is 19.1 Å². The van der Waals surface area contributed by atoms with Gasteiger partial charge in [0.25, 0.3) is 0 Å². The Morgan fingerprint density at radius 2 is 1.18 bits per heavy atom. The second-order valence-electron chi connectivity index (χ2n) is 5.40. The van der Waals surface area contributed by atoms with E-state index in [1.807, 2.05) is 13.8 Å². The molecule has 22 heavy (non-hydrogen) atoms. The van der Waals surface area contributed by atoms with Gasteiger partial charge in [0.2, 0.25) is 0 Å². The summed E-state index contributed by atoms with van der Waals surface area (Å²) in [7, 11) is 0. The number of hydrogen-bond donors (Lipinski definition) is 0. The van der Waals surface area contributed by atoms with Crippen LogP contribution in [0.1, 0.15) is 39.5 Å². The van der Waals surface area contributed by atoms with Crippen molar-refractivity contribution in [2.45, 2.75) is 61.4 Å². The van der Waals surface area contributed by atoms with Gasteiger partial charge < -0.3 is 9.47 Å². The van der Waals surface area contributed by atoms with Crippen molar-refractivity contribution in [2.24, 2.45) is 0 Å². The number of halogens is 2. The SMILES string of the molecule is CC1CCC(Br)/C=C/C(=O)OC(C)CCC(Br)/C=C/C(=O)O1. The van der Waals surface area contributed by atoms with Gasteiger partial charge in [0, 0.05) is 21.8 Å². The molecule has 1 aliphatic heterocycles. The van der Waals surface area contributed by atoms with Gasteiger partial charge in [-0.15, -0.1) is 0 Å². The highest BCUT2D eigenvalue weighted by Crippen LogP contribution is 2.16. The summed E-state index contributed by atoms with van der Waals surface area (Å²) in [5, 5.41) is 0. The highest BCUT2D eigenvalue weighted by atomic mass is 79.9. The van der Waals surface area contributed by atoms with E-state index in [9.17, 15) is 9.59 Å². The van der Waals surface area contributed by atoms with Gasteiger partial charge in [-0.2, -0.15) is 0 Å². The Morgan fingerprint density at radius 1 is 0.818 bits per heavy atom. The topological polar surface area (TPSA) is 52.6 Å². The zero-order valence-corrected chi connectivity index (χ0v) is 16.0. The van der Waals surface area contributed by atoms with Crippen molar-refractivity contribution < 1.29 is 19.1 Å². The molecule has 0 spiro atoms. The maximum Gasteiger partial charge on any atom is 0.330 e. The Balaban J connectivity index is 2.70. The second-order valence-corrected chi connectivity index (χ2v) is 7.75. The van der Waals surface area contributed by atoms with Crippen molar-refractivity contribution in [1.29, 1.82) is 0 Å². The van der Waals surface area contributed by atoms with E-state index in [1.54, 1.807) is 12.2 Å². The Labute approximate surface area is 148 Å². The van der Waals surface area contributed by atoms with Gasteiger partial charge in [0.05, 0.1) is 12.2 Å². The van der Waals surface area contributed by atoms with Crippen LogP contribution in [0.2, 0.25) is 0 Å². The molecule has 0 saturated carbocycles. The maximum atomic E-state index is 11.7. The standard InChI is InChI=1S/C16H22Br2O4/c1-11-3-5-13(17)8-10-16(20)22-12(2)4-6-14(18)7-9-15(19)21-11/h7-14H,3-6H2,1-2H3/b9-7+,10-8+. The largest absolute Gasteiger partial charge is 0.460 e. The number of hydrogen-bond acceptors (Lipinski definition) is 4. The molecular weight excluding hydrogens is 416 g/mol. The second kappa shape index (κ2) is 10.2. The van der Waals surface area contributed by atoms with Crippen LogP contribution < -0.4 is 0 Å². The fraction of sp³-hybridized carbons (Fsp3) is 0.625. The molecule has 0 saturated heterocycles. The zero-order chi connectivity index (χ0) is 16.5. The van der Waals surface area contributed by atoms with Crippen molar-refractivity contribution in [3.8, 4) is 0 Å². The van der Waals surface area contributed by atoms with Crippen molar-refractivity contribution in [3.63, 3.8) is 0 Å². The first-order valence-electron chi connectivity index (χ1n) is 7.42. The van der Waals surface area contributed by atoms with Crippen LogP contribution >= 0.6 is 31.9 Å². The van der Waals surface area contributed by atoms with Gasteiger partial charge >= 0.3 is 11.9 Å². The molecule has 0 aromatic rings. The third-order valence-corrected chi connectivity index (χ3v) is 4.74. The molecule has 0 bridgehead atoms. The van der Waals surface area contributed by atoms with E-state index in [2.05, 4.69) is 31.9 Å². The van der Waals surface area contributed by atoms with E-state index >= 15 is 0 Å². The van der Waals surface area contributed by atoms with E-state index in [4.69, 9.17) is 9.47 Å². The van der Waals surface area contributed by atoms with Crippen LogP contribution in [0.4, 0.5) is 0 Å². The lowest BCUT2D eigenvalue weighted by Crippen LogP contribution is -2.16. The van der Waals surface area contributed by atoms with Gasteiger partial charge in [-0.3, -0.25) is 0 Å². The number of allylic oxidation sites excluding steroid dienone is 2. The average molecular weight is 438 g/mol. The Morgan fingerprint density at radius 3 is 1.55 bits per heavy atom. The summed E-state index contributed by atoms with van der Waals surface area (Å²) < 4.78 is 10.6. The summed E-state index contributed by atoms with van der Waals surface area (Å²) in [5.41, 5.74) is 0. The highest BCUT2D eigenvalue weighted by Gasteiger charge is 2.13. The minimum atomic E-state index is -0.329. The molecule has 4 atom stereocenters. The van der Waals surface area contributed by atoms with Gasteiger partial charge in [0.15, 0.2) is 0 Å². The zero-order valence-electron chi connectivity index (χ0n) is 12.8. The first kappa shape index (κ1) is 19.4. The van der Waals surface area contributed by atoms with Crippen molar-refractivity contribution in [1.82, 2.24) is 0 Å². The molecular formula is C16H22Br2O4.